The molecule has 29 heavy (non-hydrogen) atoms. The summed E-state index contributed by atoms with van der Waals surface area (Å²) in [6, 6.07) is 3.82. The Kier molecular flexibility index (Phi) is 5.35. The van der Waals surface area contributed by atoms with Crippen molar-refractivity contribution in [2.45, 2.75) is 13.0 Å². The molecule has 0 bridgehead atoms. The molecule has 2 aliphatic heterocycles. The lowest BCUT2D eigenvalue weighted by atomic mass is 10.1. The number of para-hydroxylation sites is 1. The minimum atomic E-state index is -0.748. The summed E-state index contributed by atoms with van der Waals surface area (Å²) in [5.41, 5.74) is 4.05. The van der Waals surface area contributed by atoms with E-state index in [-0.39, 0.29) is 11.7 Å². The first-order chi connectivity index (χ1) is 13.8. The van der Waals surface area contributed by atoms with E-state index in [0.717, 1.165) is 10.5 Å². The van der Waals surface area contributed by atoms with Crippen LogP contribution in [0.5, 0.6) is 11.5 Å². The molecule has 3 rings (SSSR count). The number of guanidine groups is 1. The van der Waals surface area contributed by atoms with Gasteiger partial charge in [-0.3, -0.25) is 14.6 Å². The molecule has 3 amide bonds. The van der Waals surface area contributed by atoms with Crippen LogP contribution in [-0.4, -0.2) is 83.2 Å². The minimum Gasteiger partial charge on any atom is -0.504 e. The highest BCUT2D eigenvalue weighted by Gasteiger charge is 2.51. The third-order valence-corrected chi connectivity index (χ3v) is 4.59. The summed E-state index contributed by atoms with van der Waals surface area (Å²) >= 11 is 0. The van der Waals surface area contributed by atoms with Crippen molar-refractivity contribution in [1.82, 2.24) is 15.2 Å². The average molecular weight is 399 g/mol. The van der Waals surface area contributed by atoms with E-state index in [4.69, 9.17) is 4.74 Å². The number of carbonyl (C=O) groups excluding carboxylic acids is 2. The molecule has 0 aliphatic carbocycles. The van der Waals surface area contributed by atoms with Crippen LogP contribution in [0.1, 0.15) is 12.5 Å². The summed E-state index contributed by atoms with van der Waals surface area (Å²) in [5.74, 6) is 0.528. The van der Waals surface area contributed by atoms with Crippen molar-refractivity contribution in [3.05, 3.63) is 35.9 Å². The van der Waals surface area contributed by atoms with Gasteiger partial charge in [-0.25, -0.2) is 9.37 Å². The van der Waals surface area contributed by atoms with E-state index in [2.05, 4.69) is 22.1 Å². The predicted molar refractivity (Wildman–Crippen MR) is 107 cm³/mol. The minimum absolute atomic E-state index is 0.0436. The highest BCUT2D eigenvalue weighted by Crippen LogP contribution is 2.28. The van der Waals surface area contributed by atoms with Crippen LogP contribution >= 0.6 is 0 Å². The number of methoxy groups -OCH3 is 1. The number of aliphatic imine (C=N–C) groups is 1. The Morgan fingerprint density at radius 2 is 2.14 bits per heavy atom. The molecule has 0 aromatic heterocycles. The van der Waals surface area contributed by atoms with Crippen molar-refractivity contribution in [3.63, 3.8) is 0 Å². The van der Waals surface area contributed by atoms with Crippen LogP contribution in [0.15, 0.2) is 40.4 Å². The molecule has 1 atom stereocenters. The van der Waals surface area contributed by atoms with Crippen molar-refractivity contribution in [1.29, 1.82) is 0 Å². The molecule has 1 fully saturated rings. The Hall–Kier alpha value is -3.69. The van der Waals surface area contributed by atoms with Gasteiger partial charge in [0.15, 0.2) is 11.5 Å². The fraction of sp³-hybridized carbons (Fsp3) is 0.316. The van der Waals surface area contributed by atoms with E-state index in [0.29, 0.717) is 29.7 Å². The van der Waals surface area contributed by atoms with E-state index in [1.54, 1.807) is 29.8 Å². The van der Waals surface area contributed by atoms with Crippen LogP contribution in [0.3, 0.4) is 0 Å². The van der Waals surface area contributed by atoms with Gasteiger partial charge in [0, 0.05) is 19.7 Å². The van der Waals surface area contributed by atoms with Crippen LogP contribution in [-0.2, 0) is 4.79 Å². The number of aromatic hydroxyl groups is 1. The van der Waals surface area contributed by atoms with Crippen LogP contribution < -0.4 is 10.2 Å². The van der Waals surface area contributed by atoms with E-state index >= 15 is 0 Å². The molecule has 0 radical (unpaired) electrons. The number of fused-ring (bicyclic) bond motifs is 1. The third kappa shape index (κ3) is 3.56. The van der Waals surface area contributed by atoms with Gasteiger partial charge in [0.25, 0.3) is 5.91 Å². The number of phenols is 1. The van der Waals surface area contributed by atoms with Crippen LogP contribution in [0, 0.1) is 0 Å². The molecule has 0 spiro atoms. The van der Waals surface area contributed by atoms with Crippen LogP contribution in [0.25, 0.3) is 0 Å². The molecule has 2 aliphatic rings. The van der Waals surface area contributed by atoms with Crippen molar-refractivity contribution >= 4 is 29.9 Å². The van der Waals surface area contributed by atoms with Crippen molar-refractivity contribution in [2.75, 3.05) is 27.7 Å². The number of amides is 3. The smallest absolute Gasteiger partial charge is 0.414 e. The van der Waals surface area contributed by atoms with Gasteiger partial charge >= 0.3 is 12.0 Å². The normalized spacial score (nSPS) is 19.0. The quantitative estimate of drug-likeness (QED) is 0.326. The molecule has 2 N–H and O–H groups in total. The van der Waals surface area contributed by atoms with Gasteiger partial charge in [-0.15, -0.1) is 5.10 Å². The highest BCUT2D eigenvalue weighted by molar-refractivity contribution is 6.22. The standard InChI is InChI=1S/C19H22N6O4/c1-11(2)10-25-14-16(23(3)19(28)24(4)17(14)27)21-18(25)22-20-9-12-7-6-8-13(29-5)15(12)26/h6-9,14H,1,10H2,2-5H3,(H,20,26)/p+1. The second kappa shape index (κ2) is 7.74. The third-order valence-electron chi connectivity index (χ3n) is 4.59. The molecule has 1 unspecified atom stereocenters. The second-order valence-corrected chi connectivity index (χ2v) is 6.79. The molecule has 1 aromatic rings. The molecular formula is C19H23N6O4+. The zero-order chi connectivity index (χ0) is 21.3. The van der Waals surface area contributed by atoms with Crippen molar-refractivity contribution < 1.29 is 24.0 Å². The van der Waals surface area contributed by atoms with Gasteiger partial charge < -0.3 is 9.84 Å². The summed E-state index contributed by atoms with van der Waals surface area (Å²) < 4.78 is 6.77. The zero-order valence-corrected chi connectivity index (χ0v) is 16.7. The highest BCUT2D eigenvalue weighted by atomic mass is 16.5. The number of hydrogen-bond donors (Lipinski definition) is 2. The number of imide groups is 1. The lowest BCUT2D eigenvalue weighted by Gasteiger charge is -2.31. The number of nitrogens with one attached hydrogen (secondary N) is 1. The summed E-state index contributed by atoms with van der Waals surface area (Å²) in [7, 11) is 4.46. The second-order valence-electron chi connectivity index (χ2n) is 6.79. The number of rotatable bonds is 5. The lowest BCUT2D eigenvalue weighted by Crippen LogP contribution is -2.61. The topological polar surface area (TPSA) is 110 Å². The van der Waals surface area contributed by atoms with Gasteiger partial charge in [0.05, 0.1) is 19.9 Å². The van der Waals surface area contributed by atoms with Crippen LogP contribution in [0.4, 0.5) is 4.79 Å². The Morgan fingerprint density at radius 3 is 2.79 bits per heavy atom. The first-order valence-corrected chi connectivity index (χ1v) is 8.83. The maximum absolute atomic E-state index is 12.7. The van der Waals surface area contributed by atoms with Gasteiger partial charge in [-0.2, -0.15) is 5.43 Å². The lowest BCUT2D eigenvalue weighted by molar-refractivity contribution is -0.529. The fourth-order valence-corrected chi connectivity index (χ4v) is 3.11. The Morgan fingerprint density at radius 1 is 1.41 bits per heavy atom. The Bertz CT molecular complexity index is 981. The number of carbonyl (C=O) groups is 2. The molecule has 152 valence electrons. The van der Waals surface area contributed by atoms with E-state index < -0.39 is 12.1 Å². The van der Waals surface area contributed by atoms with Crippen molar-refractivity contribution in [3.8, 4) is 11.5 Å². The van der Waals surface area contributed by atoms with E-state index in [1.165, 1.54) is 25.3 Å². The van der Waals surface area contributed by atoms with E-state index in [1.807, 2.05) is 6.92 Å². The molecule has 2 heterocycles. The summed E-state index contributed by atoms with van der Waals surface area (Å²) in [4.78, 5) is 31.8. The summed E-state index contributed by atoms with van der Waals surface area (Å²) in [6.45, 7) is 6.08. The van der Waals surface area contributed by atoms with Crippen molar-refractivity contribution in [2.24, 2.45) is 10.1 Å². The van der Waals surface area contributed by atoms with Crippen LogP contribution in [0.2, 0.25) is 0 Å². The van der Waals surface area contributed by atoms with E-state index in [9.17, 15) is 14.7 Å². The summed E-state index contributed by atoms with van der Waals surface area (Å²) in [5, 5.41) is 14.3. The predicted octanol–water partition coefficient (Wildman–Crippen LogP) is 0.573. The monoisotopic (exact) mass is 399 g/mol. The first-order valence-electron chi connectivity index (χ1n) is 8.83. The molecular weight excluding hydrogens is 376 g/mol. The number of phenolic OH excluding ortho intramolecular Hbond substituents is 1. The largest absolute Gasteiger partial charge is 0.504 e. The van der Waals surface area contributed by atoms with Gasteiger partial charge in [-0.05, 0) is 24.6 Å². The maximum atomic E-state index is 12.7. The van der Waals surface area contributed by atoms with Gasteiger partial charge in [0.1, 0.15) is 0 Å². The SMILES string of the molecule is C=C(C)C[N+]1=C(N/N=C/c2cccc(OC)c2O)N=C2C1C(=O)N(C)C(=O)N2C. The first kappa shape index (κ1) is 20.1. The molecule has 1 aromatic carbocycles. The molecule has 10 nitrogen and oxygen atoms in total. The van der Waals surface area contributed by atoms with Gasteiger partial charge in [0.2, 0.25) is 11.9 Å². The number of nitrogens with zero attached hydrogens (tertiary/aromatic N) is 5. The Balaban J connectivity index is 1.93. The summed E-state index contributed by atoms with van der Waals surface area (Å²) in [6.07, 6.45) is 1.41. The number of benzene rings is 1. The fourth-order valence-electron chi connectivity index (χ4n) is 3.11. The number of likely N-dealkylation sites (N-methyl/N-ethyl adjacent to an activating group) is 2. The Labute approximate surface area is 168 Å². The van der Waals surface area contributed by atoms with Gasteiger partial charge in [-0.1, -0.05) is 17.6 Å². The number of urea groups is 1. The number of hydrazone groups is 1. The maximum Gasteiger partial charge on any atom is 0.414 e. The average Bonchev–Trinajstić information content (AvgIpc) is 3.03. The number of hydrogen-bond acceptors (Lipinski definition) is 7. The molecule has 10 heteroatoms. The molecule has 1 saturated heterocycles. The number of ether oxygens (including phenoxy) is 1. The molecule has 0 saturated carbocycles. The number of amidine groups is 1. The zero-order valence-electron chi connectivity index (χ0n) is 16.7.